The number of nitrogens with one attached hydrogen (secondary N) is 1. The van der Waals surface area contributed by atoms with Gasteiger partial charge in [-0.05, 0) is 12.8 Å². The van der Waals surface area contributed by atoms with Crippen LogP contribution in [0, 0.1) is 0 Å². The number of aromatic nitrogens is 2. The largest absolute Gasteiger partial charge is 0.350 e. The molecule has 0 atom stereocenters. The van der Waals surface area contributed by atoms with Gasteiger partial charge in [0.15, 0.2) is 0 Å². The van der Waals surface area contributed by atoms with Crippen LogP contribution in [0.4, 0.5) is 0 Å². The number of nitrogens with zero attached hydrogens (tertiary/aromatic N) is 2. The molecule has 0 unspecified atom stereocenters. The van der Waals surface area contributed by atoms with E-state index in [4.69, 9.17) is 5.73 Å². The molecular weight excluding hydrogens is 204 g/mol. The molecule has 1 heterocycles. The Balaban J connectivity index is 1.88. The van der Waals surface area contributed by atoms with Crippen molar-refractivity contribution < 1.29 is 4.79 Å². The minimum absolute atomic E-state index is 0.0335. The number of hydrogen-bond acceptors (Lipinski definition) is 3. The number of hydrogen-bond donors (Lipinski definition) is 2. The van der Waals surface area contributed by atoms with Gasteiger partial charge in [0.25, 0.3) is 0 Å². The van der Waals surface area contributed by atoms with E-state index < -0.39 is 5.54 Å². The topological polar surface area (TPSA) is 72.9 Å². The van der Waals surface area contributed by atoms with Crippen molar-refractivity contribution in [1.82, 2.24) is 15.1 Å². The van der Waals surface area contributed by atoms with Gasteiger partial charge in [-0.15, -0.1) is 0 Å². The lowest BCUT2D eigenvalue weighted by atomic mass is 9.98. The van der Waals surface area contributed by atoms with E-state index in [0.29, 0.717) is 6.54 Å². The Hall–Kier alpha value is -1.36. The quantitative estimate of drug-likeness (QED) is 0.773. The van der Waals surface area contributed by atoms with E-state index in [0.717, 1.165) is 31.2 Å². The molecule has 2 rings (SSSR count). The van der Waals surface area contributed by atoms with Gasteiger partial charge in [-0.1, -0.05) is 12.8 Å². The highest BCUT2D eigenvalue weighted by Gasteiger charge is 2.36. The van der Waals surface area contributed by atoms with E-state index in [9.17, 15) is 4.79 Å². The van der Waals surface area contributed by atoms with Crippen molar-refractivity contribution in [2.75, 3.05) is 0 Å². The molecule has 1 aromatic heterocycles. The van der Waals surface area contributed by atoms with E-state index >= 15 is 0 Å². The third-order valence-electron chi connectivity index (χ3n) is 3.16. The molecule has 0 aromatic carbocycles. The number of amides is 1. The van der Waals surface area contributed by atoms with Crippen molar-refractivity contribution in [3.63, 3.8) is 0 Å². The molecule has 3 N–H and O–H groups in total. The third kappa shape index (κ3) is 2.24. The summed E-state index contributed by atoms with van der Waals surface area (Å²) in [5.74, 6) is -0.0335. The van der Waals surface area contributed by atoms with Crippen molar-refractivity contribution in [3.8, 4) is 0 Å². The number of nitrogens with two attached hydrogens (primary N) is 1. The van der Waals surface area contributed by atoms with Crippen LogP contribution in [-0.2, 0) is 18.4 Å². The third-order valence-corrected chi connectivity index (χ3v) is 3.16. The van der Waals surface area contributed by atoms with Crippen LogP contribution >= 0.6 is 0 Å². The minimum Gasteiger partial charge on any atom is -0.350 e. The van der Waals surface area contributed by atoms with Crippen LogP contribution in [0.15, 0.2) is 12.4 Å². The molecule has 1 aliphatic carbocycles. The average molecular weight is 222 g/mol. The maximum absolute atomic E-state index is 11.9. The van der Waals surface area contributed by atoms with Gasteiger partial charge in [0.2, 0.25) is 5.91 Å². The molecule has 1 saturated carbocycles. The van der Waals surface area contributed by atoms with Crippen LogP contribution in [0.5, 0.6) is 0 Å². The van der Waals surface area contributed by atoms with E-state index in [1.165, 1.54) is 0 Å². The van der Waals surface area contributed by atoms with Crippen molar-refractivity contribution in [2.24, 2.45) is 12.8 Å². The Bertz CT molecular complexity index is 379. The van der Waals surface area contributed by atoms with Crippen molar-refractivity contribution in [3.05, 3.63) is 18.0 Å². The zero-order chi connectivity index (χ0) is 11.6. The van der Waals surface area contributed by atoms with Gasteiger partial charge in [0, 0.05) is 25.4 Å². The Labute approximate surface area is 95.0 Å². The predicted molar refractivity (Wildman–Crippen MR) is 60.4 cm³/mol. The number of carbonyl (C=O) groups is 1. The zero-order valence-electron chi connectivity index (χ0n) is 9.57. The summed E-state index contributed by atoms with van der Waals surface area (Å²) in [7, 11) is 1.85. The van der Waals surface area contributed by atoms with Crippen molar-refractivity contribution >= 4 is 5.91 Å². The summed E-state index contributed by atoms with van der Waals surface area (Å²) in [5.41, 5.74) is 6.40. The minimum atomic E-state index is -0.637. The van der Waals surface area contributed by atoms with E-state index in [1.54, 1.807) is 10.9 Å². The highest BCUT2D eigenvalue weighted by atomic mass is 16.2. The highest BCUT2D eigenvalue weighted by molar-refractivity contribution is 5.86. The summed E-state index contributed by atoms with van der Waals surface area (Å²) in [6.07, 6.45) is 7.33. The molecule has 5 heteroatoms. The second-order valence-corrected chi connectivity index (χ2v) is 4.57. The molecule has 0 aliphatic heterocycles. The Kier molecular flexibility index (Phi) is 2.96. The summed E-state index contributed by atoms with van der Waals surface area (Å²) in [6.45, 7) is 0.506. The van der Waals surface area contributed by atoms with Gasteiger partial charge < -0.3 is 11.1 Å². The predicted octanol–water partition coefficient (Wildman–Crippen LogP) is 0.308. The fraction of sp³-hybridized carbons (Fsp3) is 0.636. The Morgan fingerprint density at radius 2 is 2.31 bits per heavy atom. The van der Waals surface area contributed by atoms with Crippen LogP contribution in [0.25, 0.3) is 0 Å². The van der Waals surface area contributed by atoms with Crippen LogP contribution in [0.3, 0.4) is 0 Å². The molecule has 0 bridgehead atoms. The fourth-order valence-electron chi connectivity index (χ4n) is 2.15. The fourth-order valence-corrected chi connectivity index (χ4v) is 2.15. The first kappa shape index (κ1) is 11.1. The summed E-state index contributed by atoms with van der Waals surface area (Å²) < 4.78 is 1.72. The molecular formula is C11H18N4O. The summed E-state index contributed by atoms with van der Waals surface area (Å²) in [6, 6.07) is 0. The smallest absolute Gasteiger partial charge is 0.240 e. The second-order valence-electron chi connectivity index (χ2n) is 4.57. The van der Waals surface area contributed by atoms with Gasteiger partial charge in [-0.25, -0.2) is 0 Å². The van der Waals surface area contributed by atoms with Crippen LogP contribution in [-0.4, -0.2) is 21.2 Å². The lowest BCUT2D eigenvalue weighted by Crippen LogP contribution is -2.51. The first-order chi connectivity index (χ1) is 7.60. The van der Waals surface area contributed by atoms with Crippen molar-refractivity contribution in [2.45, 2.75) is 37.8 Å². The SMILES string of the molecule is Cn1cc(CNC(=O)C2(N)CCCC2)cn1. The van der Waals surface area contributed by atoms with Gasteiger partial charge in [-0.3, -0.25) is 9.48 Å². The molecule has 1 fully saturated rings. The molecule has 1 aliphatic rings. The summed E-state index contributed by atoms with van der Waals surface area (Å²) in [4.78, 5) is 11.9. The normalized spacial score (nSPS) is 18.6. The average Bonchev–Trinajstić information content (AvgIpc) is 2.85. The monoisotopic (exact) mass is 222 g/mol. The maximum Gasteiger partial charge on any atom is 0.240 e. The molecule has 5 nitrogen and oxygen atoms in total. The van der Waals surface area contributed by atoms with E-state index in [-0.39, 0.29) is 5.91 Å². The lowest BCUT2D eigenvalue weighted by molar-refractivity contribution is -0.126. The molecule has 16 heavy (non-hydrogen) atoms. The highest BCUT2D eigenvalue weighted by Crippen LogP contribution is 2.27. The summed E-state index contributed by atoms with van der Waals surface area (Å²) >= 11 is 0. The van der Waals surface area contributed by atoms with E-state index in [2.05, 4.69) is 10.4 Å². The molecule has 0 radical (unpaired) electrons. The standard InChI is InChI=1S/C11H18N4O/c1-15-8-9(7-14-15)6-13-10(16)11(12)4-2-3-5-11/h7-8H,2-6,12H2,1H3,(H,13,16). The van der Waals surface area contributed by atoms with Crippen LogP contribution < -0.4 is 11.1 Å². The number of rotatable bonds is 3. The van der Waals surface area contributed by atoms with Crippen LogP contribution in [0.2, 0.25) is 0 Å². The second kappa shape index (κ2) is 4.25. The van der Waals surface area contributed by atoms with Gasteiger partial charge in [0.1, 0.15) is 0 Å². The van der Waals surface area contributed by atoms with Gasteiger partial charge in [0.05, 0.1) is 11.7 Å². The summed E-state index contributed by atoms with van der Waals surface area (Å²) in [5, 5.41) is 6.92. The molecule has 88 valence electrons. The van der Waals surface area contributed by atoms with Crippen molar-refractivity contribution in [1.29, 1.82) is 0 Å². The first-order valence-corrected chi connectivity index (χ1v) is 5.65. The van der Waals surface area contributed by atoms with Crippen LogP contribution in [0.1, 0.15) is 31.2 Å². The molecule has 1 aromatic rings. The maximum atomic E-state index is 11.9. The number of carbonyl (C=O) groups excluding carboxylic acids is 1. The first-order valence-electron chi connectivity index (χ1n) is 5.65. The van der Waals surface area contributed by atoms with Gasteiger partial charge >= 0.3 is 0 Å². The lowest BCUT2D eigenvalue weighted by Gasteiger charge is -2.21. The molecule has 0 spiro atoms. The number of aryl methyl sites for hydroxylation is 1. The molecule has 1 amide bonds. The Morgan fingerprint density at radius 3 is 2.88 bits per heavy atom. The Morgan fingerprint density at radius 1 is 1.62 bits per heavy atom. The molecule has 0 saturated heterocycles. The zero-order valence-corrected chi connectivity index (χ0v) is 9.57. The van der Waals surface area contributed by atoms with Gasteiger partial charge in [-0.2, -0.15) is 5.10 Å². The van der Waals surface area contributed by atoms with E-state index in [1.807, 2.05) is 13.2 Å².